The third-order valence-electron chi connectivity index (χ3n) is 5.68. The Kier molecular flexibility index (Phi) is 5.62. The first-order chi connectivity index (χ1) is 14.5. The van der Waals surface area contributed by atoms with E-state index < -0.39 is 0 Å². The van der Waals surface area contributed by atoms with E-state index in [9.17, 15) is 9.59 Å². The van der Waals surface area contributed by atoms with Gasteiger partial charge in [0.2, 0.25) is 0 Å². The zero-order chi connectivity index (χ0) is 21.1. The van der Waals surface area contributed by atoms with Gasteiger partial charge in [0.15, 0.2) is 0 Å². The molecule has 1 aliphatic heterocycles. The smallest absolute Gasteiger partial charge is 0.261 e. The SMILES string of the molecule is Cc1ccc(C=Cc2cccc(CCCN3C(=O)c4ccccc4C3=O)c2)cc1C. The third kappa shape index (κ3) is 4.11. The van der Waals surface area contributed by atoms with E-state index in [0.717, 1.165) is 18.4 Å². The van der Waals surface area contributed by atoms with E-state index in [4.69, 9.17) is 0 Å². The number of imide groups is 1. The molecule has 1 aliphatic rings. The van der Waals surface area contributed by atoms with Gasteiger partial charge in [0.25, 0.3) is 11.8 Å². The van der Waals surface area contributed by atoms with Gasteiger partial charge >= 0.3 is 0 Å². The van der Waals surface area contributed by atoms with Crippen LogP contribution in [0, 0.1) is 13.8 Å². The molecule has 0 fully saturated rings. The molecule has 30 heavy (non-hydrogen) atoms. The molecule has 0 unspecified atom stereocenters. The summed E-state index contributed by atoms with van der Waals surface area (Å²) in [6, 6.07) is 21.9. The molecule has 0 N–H and O–H groups in total. The average molecular weight is 396 g/mol. The van der Waals surface area contributed by atoms with E-state index >= 15 is 0 Å². The van der Waals surface area contributed by atoms with E-state index in [1.807, 2.05) is 0 Å². The topological polar surface area (TPSA) is 37.4 Å². The number of rotatable bonds is 6. The van der Waals surface area contributed by atoms with Crippen molar-refractivity contribution in [3.63, 3.8) is 0 Å². The summed E-state index contributed by atoms with van der Waals surface area (Å²) in [4.78, 5) is 26.3. The lowest BCUT2D eigenvalue weighted by Gasteiger charge is -2.13. The largest absolute Gasteiger partial charge is 0.274 e. The summed E-state index contributed by atoms with van der Waals surface area (Å²) in [6.45, 7) is 4.69. The van der Waals surface area contributed by atoms with Crippen LogP contribution in [0.1, 0.15) is 55.0 Å². The molecule has 4 rings (SSSR count). The zero-order valence-corrected chi connectivity index (χ0v) is 17.4. The van der Waals surface area contributed by atoms with Crippen LogP contribution >= 0.6 is 0 Å². The lowest BCUT2D eigenvalue weighted by molar-refractivity contribution is 0.0652. The number of amides is 2. The minimum atomic E-state index is -0.180. The second-order valence-electron chi connectivity index (χ2n) is 7.83. The fraction of sp³-hybridized carbons (Fsp3) is 0.185. The molecule has 0 spiro atoms. The highest BCUT2D eigenvalue weighted by atomic mass is 16.2. The van der Waals surface area contributed by atoms with Crippen LogP contribution < -0.4 is 0 Å². The number of hydrogen-bond donors (Lipinski definition) is 0. The first-order valence-electron chi connectivity index (χ1n) is 10.3. The maximum atomic E-state index is 12.5. The van der Waals surface area contributed by atoms with Crippen molar-refractivity contribution in [2.45, 2.75) is 26.7 Å². The van der Waals surface area contributed by atoms with Crippen LogP contribution in [0.5, 0.6) is 0 Å². The third-order valence-corrected chi connectivity index (χ3v) is 5.68. The van der Waals surface area contributed by atoms with Gasteiger partial charge in [-0.15, -0.1) is 0 Å². The van der Waals surface area contributed by atoms with Crippen LogP contribution in [-0.2, 0) is 6.42 Å². The normalized spacial score (nSPS) is 13.3. The molecule has 3 aromatic rings. The lowest BCUT2D eigenvalue weighted by atomic mass is 10.0. The molecule has 0 aromatic heterocycles. The van der Waals surface area contributed by atoms with Gasteiger partial charge in [0, 0.05) is 6.54 Å². The molecule has 1 heterocycles. The fourth-order valence-electron chi connectivity index (χ4n) is 3.80. The summed E-state index contributed by atoms with van der Waals surface area (Å²) < 4.78 is 0. The Morgan fingerprint density at radius 1 is 0.733 bits per heavy atom. The number of nitrogens with zero attached hydrogens (tertiary/aromatic N) is 1. The van der Waals surface area contributed by atoms with E-state index in [1.54, 1.807) is 24.3 Å². The van der Waals surface area contributed by atoms with Crippen LogP contribution in [0.2, 0.25) is 0 Å². The summed E-state index contributed by atoms with van der Waals surface area (Å²) in [7, 11) is 0. The first-order valence-corrected chi connectivity index (χ1v) is 10.3. The maximum Gasteiger partial charge on any atom is 0.261 e. The van der Waals surface area contributed by atoms with Crippen LogP contribution in [0.3, 0.4) is 0 Å². The summed E-state index contributed by atoms with van der Waals surface area (Å²) in [5.41, 5.74) is 7.16. The predicted octanol–water partition coefficient (Wildman–Crippen LogP) is 5.70. The first kappa shape index (κ1) is 19.8. The average Bonchev–Trinajstić information content (AvgIpc) is 3.00. The molecular weight excluding hydrogens is 370 g/mol. The Morgan fingerprint density at radius 2 is 1.40 bits per heavy atom. The monoisotopic (exact) mass is 395 g/mol. The molecule has 0 bridgehead atoms. The van der Waals surface area contributed by atoms with Gasteiger partial charge in [-0.25, -0.2) is 0 Å². The predicted molar refractivity (Wildman–Crippen MR) is 121 cm³/mol. The Balaban J connectivity index is 1.37. The zero-order valence-electron chi connectivity index (χ0n) is 17.4. The molecule has 0 saturated heterocycles. The van der Waals surface area contributed by atoms with Crippen molar-refractivity contribution in [1.29, 1.82) is 0 Å². The molecule has 150 valence electrons. The number of carbonyl (C=O) groups is 2. The van der Waals surface area contributed by atoms with Gasteiger partial charge in [-0.3, -0.25) is 14.5 Å². The molecular formula is C27H25NO2. The number of carbonyl (C=O) groups excluding carboxylic acids is 2. The Bertz CT molecular complexity index is 1110. The standard InChI is InChI=1S/C27H25NO2/c1-19-12-13-23(17-20(19)2)15-14-22-8-5-7-21(18-22)9-6-16-28-26(29)24-10-3-4-11-25(24)27(28)30/h3-5,7-8,10-15,17-18H,6,9,16H2,1-2H3. The maximum absolute atomic E-state index is 12.5. The number of aryl methyl sites for hydroxylation is 3. The van der Waals surface area contributed by atoms with Gasteiger partial charge in [0.05, 0.1) is 11.1 Å². The van der Waals surface area contributed by atoms with Crippen molar-refractivity contribution in [1.82, 2.24) is 4.90 Å². The number of fused-ring (bicyclic) bond motifs is 1. The van der Waals surface area contributed by atoms with Crippen LogP contribution in [-0.4, -0.2) is 23.3 Å². The fourth-order valence-corrected chi connectivity index (χ4v) is 3.80. The van der Waals surface area contributed by atoms with Crippen LogP contribution in [0.4, 0.5) is 0 Å². The van der Waals surface area contributed by atoms with E-state index in [-0.39, 0.29) is 11.8 Å². The second kappa shape index (κ2) is 8.50. The van der Waals surface area contributed by atoms with Gasteiger partial charge < -0.3 is 0 Å². The van der Waals surface area contributed by atoms with Crippen LogP contribution in [0.25, 0.3) is 12.2 Å². The highest BCUT2D eigenvalue weighted by Crippen LogP contribution is 2.23. The minimum absolute atomic E-state index is 0.180. The van der Waals surface area contributed by atoms with Gasteiger partial charge in [-0.2, -0.15) is 0 Å². The molecule has 0 saturated carbocycles. The summed E-state index contributed by atoms with van der Waals surface area (Å²) >= 11 is 0. The van der Waals surface area contributed by atoms with E-state index in [0.29, 0.717) is 17.7 Å². The highest BCUT2D eigenvalue weighted by Gasteiger charge is 2.34. The number of benzene rings is 3. The van der Waals surface area contributed by atoms with E-state index in [2.05, 4.69) is 68.5 Å². The van der Waals surface area contributed by atoms with Gasteiger partial charge in [0.1, 0.15) is 0 Å². The van der Waals surface area contributed by atoms with Crippen LogP contribution in [0.15, 0.2) is 66.7 Å². The van der Waals surface area contributed by atoms with Gasteiger partial charge in [-0.05, 0) is 66.6 Å². The molecule has 0 aliphatic carbocycles. The van der Waals surface area contributed by atoms with Crippen molar-refractivity contribution in [2.24, 2.45) is 0 Å². The Labute approximate surface area is 177 Å². The van der Waals surface area contributed by atoms with E-state index in [1.165, 1.54) is 27.2 Å². The number of hydrogen-bond acceptors (Lipinski definition) is 2. The molecule has 2 amide bonds. The summed E-state index contributed by atoms with van der Waals surface area (Å²) in [5, 5.41) is 0. The van der Waals surface area contributed by atoms with Gasteiger partial charge in [-0.1, -0.05) is 66.7 Å². The van der Waals surface area contributed by atoms with Crippen molar-refractivity contribution in [2.75, 3.05) is 6.54 Å². The van der Waals surface area contributed by atoms with Crippen molar-refractivity contribution >= 4 is 24.0 Å². The molecule has 3 heteroatoms. The lowest BCUT2D eigenvalue weighted by Crippen LogP contribution is -2.30. The molecule has 0 atom stereocenters. The van der Waals surface area contributed by atoms with Crippen molar-refractivity contribution in [3.05, 3.63) is 106 Å². The van der Waals surface area contributed by atoms with Crippen molar-refractivity contribution in [3.8, 4) is 0 Å². The Morgan fingerprint density at radius 3 is 2.07 bits per heavy atom. The summed E-state index contributed by atoms with van der Waals surface area (Å²) in [6.07, 6.45) is 5.82. The summed E-state index contributed by atoms with van der Waals surface area (Å²) in [5.74, 6) is -0.360. The molecule has 3 nitrogen and oxygen atoms in total. The molecule has 0 radical (unpaired) electrons. The highest BCUT2D eigenvalue weighted by molar-refractivity contribution is 6.21. The quantitative estimate of drug-likeness (QED) is 0.396. The van der Waals surface area contributed by atoms with Crippen molar-refractivity contribution < 1.29 is 9.59 Å². The Hall–Kier alpha value is -3.46. The minimum Gasteiger partial charge on any atom is -0.274 e. The molecule has 3 aromatic carbocycles. The second-order valence-corrected chi connectivity index (χ2v) is 7.83.